The maximum atomic E-state index is 4.36. The minimum Gasteiger partial charge on any atom is -0.366 e. The van der Waals surface area contributed by atoms with Crippen LogP contribution in [0.1, 0.15) is 36.5 Å². The van der Waals surface area contributed by atoms with E-state index in [2.05, 4.69) is 64.6 Å². The molecular weight excluding hydrogens is 310 g/mol. The van der Waals surface area contributed by atoms with E-state index < -0.39 is 0 Å². The predicted molar refractivity (Wildman–Crippen MR) is 102 cm³/mol. The molecule has 0 bridgehead atoms. The van der Waals surface area contributed by atoms with Crippen LogP contribution in [0.25, 0.3) is 0 Å². The molecule has 0 aliphatic heterocycles. The molecule has 5 heteroatoms. The maximum Gasteiger partial charge on any atom is 0.135 e. The molecule has 3 rings (SSSR count). The highest BCUT2D eigenvalue weighted by Crippen LogP contribution is 2.29. The van der Waals surface area contributed by atoms with Gasteiger partial charge in [0.15, 0.2) is 0 Å². The first kappa shape index (κ1) is 16.9. The molecule has 1 aromatic carbocycles. The number of aromatic nitrogens is 3. The van der Waals surface area contributed by atoms with E-state index in [1.165, 1.54) is 11.1 Å². The second kappa shape index (κ2) is 7.75. The topological polar surface area (TPSA) is 62.7 Å². The lowest BCUT2D eigenvalue weighted by atomic mass is 9.98. The summed E-state index contributed by atoms with van der Waals surface area (Å²) in [5, 5.41) is 6.77. The predicted octanol–water partition coefficient (Wildman–Crippen LogP) is 4.66. The number of nitrogens with zero attached hydrogens (tertiary/aromatic N) is 3. The molecule has 0 radical (unpaired) electrons. The van der Waals surface area contributed by atoms with Crippen LogP contribution < -0.4 is 10.6 Å². The van der Waals surface area contributed by atoms with Crippen LogP contribution >= 0.6 is 0 Å². The van der Waals surface area contributed by atoms with Gasteiger partial charge in [0.25, 0.3) is 0 Å². The van der Waals surface area contributed by atoms with Crippen molar-refractivity contribution < 1.29 is 0 Å². The molecule has 0 saturated carbocycles. The molecule has 0 aliphatic rings. The third kappa shape index (κ3) is 4.32. The second-order valence-electron chi connectivity index (χ2n) is 6.32. The lowest BCUT2D eigenvalue weighted by Gasteiger charge is -2.17. The highest BCUT2D eigenvalue weighted by atomic mass is 15.1. The van der Waals surface area contributed by atoms with Crippen molar-refractivity contribution in [2.75, 3.05) is 10.6 Å². The van der Waals surface area contributed by atoms with Crippen LogP contribution in [0.3, 0.4) is 0 Å². The fourth-order valence-corrected chi connectivity index (χ4v) is 2.69. The van der Waals surface area contributed by atoms with Gasteiger partial charge < -0.3 is 10.6 Å². The smallest absolute Gasteiger partial charge is 0.135 e. The molecule has 0 saturated heterocycles. The Kier molecular flexibility index (Phi) is 5.23. The van der Waals surface area contributed by atoms with Crippen molar-refractivity contribution in [2.45, 2.75) is 33.2 Å². The highest BCUT2D eigenvalue weighted by molar-refractivity contribution is 5.66. The number of aryl methyl sites for hydroxylation is 1. The molecule has 0 unspecified atom stereocenters. The summed E-state index contributed by atoms with van der Waals surface area (Å²) in [6.45, 7) is 7.17. The summed E-state index contributed by atoms with van der Waals surface area (Å²) in [5.74, 6) is 1.99. The van der Waals surface area contributed by atoms with Crippen molar-refractivity contribution in [1.82, 2.24) is 15.0 Å². The largest absolute Gasteiger partial charge is 0.366 e. The number of rotatable bonds is 6. The molecule has 128 valence electrons. The van der Waals surface area contributed by atoms with Crippen LogP contribution in [-0.2, 0) is 6.54 Å². The number of anilines is 3. The molecule has 0 amide bonds. The van der Waals surface area contributed by atoms with Crippen molar-refractivity contribution in [2.24, 2.45) is 0 Å². The normalized spacial score (nSPS) is 10.7. The molecule has 5 nitrogen and oxygen atoms in total. The van der Waals surface area contributed by atoms with E-state index in [0.717, 1.165) is 22.9 Å². The van der Waals surface area contributed by atoms with Gasteiger partial charge in [-0.25, -0.2) is 9.97 Å². The lowest BCUT2D eigenvalue weighted by molar-refractivity contribution is 0.867. The van der Waals surface area contributed by atoms with Crippen molar-refractivity contribution in [1.29, 1.82) is 0 Å². The van der Waals surface area contributed by atoms with Crippen molar-refractivity contribution >= 4 is 17.3 Å². The Bertz CT molecular complexity index is 830. The summed E-state index contributed by atoms with van der Waals surface area (Å²) in [6.07, 6.45) is 5.18. The quantitative estimate of drug-likeness (QED) is 0.687. The Hall–Kier alpha value is -2.95. The zero-order valence-corrected chi connectivity index (χ0v) is 14.8. The van der Waals surface area contributed by atoms with E-state index in [9.17, 15) is 0 Å². The number of pyridine rings is 1. The van der Waals surface area contributed by atoms with Crippen LogP contribution in [0.15, 0.2) is 55.1 Å². The summed E-state index contributed by atoms with van der Waals surface area (Å²) in [6, 6.07) is 12.2. The van der Waals surface area contributed by atoms with Gasteiger partial charge in [-0.3, -0.25) is 4.98 Å². The van der Waals surface area contributed by atoms with Gasteiger partial charge in [0, 0.05) is 30.7 Å². The van der Waals surface area contributed by atoms with E-state index >= 15 is 0 Å². The first-order valence-electron chi connectivity index (χ1n) is 8.45. The molecule has 2 aromatic heterocycles. The summed E-state index contributed by atoms with van der Waals surface area (Å²) < 4.78 is 0. The Morgan fingerprint density at radius 2 is 1.88 bits per heavy atom. The monoisotopic (exact) mass is 333 g/mol. The molecule has 25 heavy (non-hydrogen) atoms. The Morgan fingerprint density at radius 1 is 1.04 bits per heavy atom. The average Bonchev–Trinajstić information content (AvgIpc) is 2.63. The molecule has 0 aliphatic carbocycles. The Balaban J connectivity index is 1.76. The highest BCUT2D eigenvalue weighted by Gasteiger charge is 2.10. The van der Waals surface area contributed by atoms with Gasteiger partial charge in [-0.2, -0.15) is 0 Å². The lowest BCUT2D eigenvalue weighted by Crippen LogP contribution is -2.05. The van der Waals surface area contributed by atoms with Crippen LogP contribution in [0.2, 0.25) is 0 Å². The van der Waals surface area contributed by atoms with Gasteiger partial charge in [-0.15, -0.1) is 0 Å². The van der Waals surface area contributed by atoms with Crippen molar-refractivity contribution in [3.63, 3.8) is 0 Å². The van der Waals surface area contributed by atoms with Gasteiger partial charge in [-0.1, -0.05) is 38.1 Å². The number of hydrogen-bond donors (Lipinski definition) is 2. The summed E-state index contributed by atoms with van der Waals surface area (Å²) >= 11 is 0. The van der Waals surface area contributed by atoms with Crippen LogP contribution in [0.4, 0.5) is 17.3 Å². The van der Waals surface area contributed by atoms with Crippen molar-refractivity contribution in [3.8, 4) is 0 Å². The van der Waals surface area contributed by atoms with Gasteiger partial charge in [-0.05, 0) is 35.6 Å². The standard InChI is InChI=1S/C20H23N5/c1-14(2)17-8-4-6-15(3)20(17)25-19-10-18(23-13-24-19)22-12-16-7-5-9-21-11-16/h4-11,13-14H,12H2,1-3H3,(H2,22,23,24,25). The number of benzene rings is 1. The van der Waals surface area contributed by atoms with Gasteiger partial charge in [0.2, 0.25) is 0 Å². The van der Waals surface area contributed by atoms with E-state index in [-0.39, 0.29) is 0 Å². The minimum atomic E-state index is 0.437. The zero-order valence-electron chi connectivity index (χ0n) is 14.8. The Labute approximate surface area is 148 Å². The fraction of sp³-hybridized carbons (Fsp3) is 0.250. The third-order valence-electron chi connectivity index (χ3n) is 4.04. The van der Waals surface area contributed by atoms with E-state index in [1.54, 1.807) is 12.5 Å². The number of para-hydroxylation sites is 1. The Morgan fingerprint density at radius 3 is 2.64 bits per heavy atom. The molecule has 0 atom stereocenters. The van der Waals surface area contributed by atoms with E-state index in [1.807, 2.05) is 24.4 Å². The molecular formula is C20H23N5. The summed E-state index contributed by atoms with van der Waals surface area (Å²) in [7, 11) is 0. The van der Waals surface area contributed by atoms with Gasteiger partial charge in [0.05, 0.1) is 0 Å². The second-order valence-corrected chi connectivity index (χ2v) is 6.32. The van der Waals surface area contributed by atoms with Crippen molar-refractivity contribution in [3.05, 3.63) is 71.8 Å². The summed E-state index contributed by atoms with van der Waals surface area (Å²) in [5.41, 5.74) is 4.71. The molecule has 2 heterocycles. The number of hydrogen-bond acceptors (Lipinski definition) is 5. The molecule has 0 fully saturated rings. The molecule has 0 spiro atoms. The SMILES string of the molecule is Cc1cccc(C(C)C)c1Nc1cc(NCc2cccnc2)ncn1. The van der Waals surface area contributed by atoms with Crippen LogP contribution in [0, 0.1) is 6.92 Å². The van der Waals surface area contributed by atoms with Gasteiger partial charge >= 0.3 is 0 Å². The zero-order chi connectivity index (χ0) is 17.6. The first-order chi connectivity index (χ1) is 12.1. The average molecular weight is 333 g/mol. The van der Waals surface area contributed by atoms with Crippen LogP contribution in [-0.4, -0.2) is 15.0 Å². The van der Waals surface area contributed by atoms with Gasteiger partial charge in [0.1, 0.15) is 18.0 Å². The fourth-order valence-electron chi connectivity index (χ4n) is 2.69. The number of nitrogens with one attached hydrogen (secondary N) is 2. The minimum absolute atomic E-state index is 0.437. The van der Waals surface area contributed by atoms with E-state index in [4.69, 9.17) is 0 Å². The van der Waals surface area contributed by atoms with Crippen LogP contribution in [0.5, 0.6) is 0 Å². The maximum absolute atomic E-state index is 4.36. The third-order valence-corrected chi connectivity index (χ3v) is 4.04. The first-order valence-corrected chi connectivity index (χ1v) is 8.45. The molecule has 2 N–H and O–H groups in total. The summed E-state index contributed by atoms with van der Waals surface area (Å²) in [4.78, 5) is 12.8. The van der Waals surface area contributed by atoms with E-state index in [0.29, 0.717) is 12.5 Å². The molecule has 3 aromatic rings.